The van der Waals surface area contributed by atoms with Gasteiger partial charge in [0.15, 0.2) is 0 Å². The number of nitrogens with zero attached hydrogens (tertiary/aromatic N) is 3. The predicted molar refractivity (Wildman–Crippen MR) is 75.3 cm³/mol. The third-order valence-corrected chi connectivity index (χ3v) is 3.23. The molecule has 0 saturated carbocycles. The number of nitrogens with two attached hydrogens (primary N) is 1. The molecule has 18 heavy (non-hydrogen) atoms. The van der Waals surface area contributed by atoms with Gasteiger partial charge in [0.25, 0.3) is 0 Å². The van der Waals surface area contributed by atoms with E-state index in [2.05, 4.69) is 42.5 Å². The molecule has 0 fully saturated rings. The highest BCUT2D eigenvalue weighted by atomic mass is 15.3. The van der Waals surface area contributed by atoms with Gasteiger partial charge in [0.05, 0.1) is 6.54 Å². The van der Waals surface area contributed by atoms with Gasteiger partial charge in [-0.1, -0.05) is 40.5 Å². The van der Waals surface area contributed by atoms with E-state index in [9.17, 15) is 0 Å². The Morgan fingerprint density at radius 2 is 1.72 bits per heavy atom. The molecule has 0 radical (unpaired) electrons. The van der Waals surface area contributed by atoms with Gasteiger partial charge in [0, 0.05) is 12.5 Å². The molecule has 4 heteroatoms. The van der Waals surface area contributed by atoms with Gasteiger partial charge in [-0.2, -0.15) is 0 Å². The molecule has 0 aliphatic rings. The Hall–Kier alpha value is -0.900. The van der Waals surface area contributed by atoms with E-state index in [1.165, 1.54) is 25.7 Å². The molecule has 4 nitrogen and oxygen atoms in total. The van der Waals surface area contributed by atoms with Crippen molar-refractivity contribution in [1.82, 2.24) is 14.8 Å². The minimum atomic E-state index is 0.477. The van der Waals surface area contributed by atoms with Gasteiger partial charge in [-0.05, 0) is 18.8 Å². The molecule has 0 atom stereocenters. The van der Waals surface area contributed by atoms with Crippen LogP contribution >= 0.6 is 0 Å². The van der Waals surface area contributed by atoms with E-state index in [4.69, 9.17) is 5.73 Å². The summed E-state index contributed by atoms with van der Waals surface area (Å²) in [5.41, 5.74) is 5.76. The van der Waals surface area contributed by atoms with Crippen LogP contribution in [0, 0.1) is 5.92 Å². The zero-order chi connectivity index (χ0) is 13.5. The van der Waals surface area contributed by atoms with Crippen LogP contribution in [0.15, 0.2) is 0 Å². The van der Waals surface area contributed by atoms with Crippen LogP contribution in [-0.4, -0.2) is 14.8 Å². The van der Waals surface area contributed by atoms with Crippen molar-refractivity contribution in [3.05, 3.63) is 11.6 Å². The second-order valence-electron chi connectivity index (χ2n) is 5.46. The summed E-state index contributed by atoms with van der Waals surface area (Å²) in [6.45, 7) is 10.4. The minimum Gasteiger partial charge on any atom is -0.324 e. The third-order valence-electron chi connectivity index (χ3n) is 3.23. The van der Waals surface area contributed by atoms with Crippen LogP contribution in [0.5, 0.6) is 0 Å². The number of aromatic nitrogens is 3. The molecule has 1 aromatic heterocycles. The van der Waals surface area contributed by atoms with Crippen molar-refractivity contribution in [2.24, 2.45) is 11.7 Å². The van der Waals surface area contributed by atoms with Crippen molar-refractivity contribution >= 4 is 0 Å². The molecule has 0 aromatic carbocycles. The van der Waals surface area contributed by atoms with E-state index in [-0.39, 0.29) is 0 Å². The topological polar surface area (TPSA) is 56.7 Å². The van der Waals surface area contributed by atoms with Gasteiger partial charge in [-0.25, -0.2) is 0 Å². The first-order valence-corrected chi connectivity index (χ1v) is 7.25. The summed E-state index contributed by atoms with van der Waals surface area (Å²) in [6, 6.07) is 0. The van der Waals surface area contributed by atoms with Crippen LogP contribution in [-0.2, 0) is 13.1 Å². The summed E-state index contributed by atoms with van der Waals surface area (Å²) < 4.78 is 2.25. The van der Waals surface area contributed by atoms with E-state index in [1.807, 2.05) is 0 Å². The molecule has 1 rings (SSSR count). The third kappa shape index (κ3) is 3.80. The van der Waals surface area contributed by atoms with Crippen molar-refractivity contribution in [3.63, 3.8) is 0 Å². The minimum absolute atomic E-state index is 0.477. The summed E-state index contributed by atoms with van der Waals surface area (Å²) in [4.78, 5) is 0. The average molecular weight is 252 g/mol. The largest absolute Gasteiger partial charge is 0.324 e. The van der Waals surface area contributed by atoms with Crippen LogP contribution in [0.3, 0.4) is 0 Å². The summed E-state index contributed by atoms with van der Waals surface area (Å²) in [5, 5.41) is 8.67. The maximum Gasteiger partial charge on any atom is 0.146 e. The van der Waals surface area contributed by atoms with Crippen molar-refractivity contribution in [2.45, 2.75) is 72.4 Å². The summed E-state index contributed by atoms with van der Waals surface area (Å²) in [6.07, 6.45) is 4.76. The van der Waals surface area contributed by atoms with E-state index in [1.54, 1.807) is 0 Å². The molecular weight excluding hydrogens is 224 g/mol. The molecule has 2 N–H and O–H groups in total. The number of hydrogen-bond acceptors (Lipinski definition) is 3. The van der Waals surface area contributed by atoms with Crippen LogP contribution in [0.2, 0.25) is 0 Å². The fourth-order valence-electron chi connectivity index (χ4n) is 2.47. The zero-order valence-electron chi connectivity index (χ0n) is 12.3. The lowest BCUT2D eigenvalue weighted by molar-refractivity contribution is 0.451. The van der Waals surface area contributed by atoms with Crippen LogP contribution in [0.4, 0.5) is 0 Å². The molecule has 0 saturated heterocycles. The van der Waals surface area contributed by atoms with E-state index in [0.29, 0.717) is 18.4 Å². The molecule has 0 amide bonds. The lowest BCUT2D eigenvalue weighted by Crippen LogP contribution is -2.16. The Balaban J connectivity index is 3.00. The molecular formula is C14H28N4. The van der Waals surface area contributed by atoms with Gasteiger partial charge in [0.2, 0.25) is 0 Å². The summed E-state index contributed by atoms with van der Waals surface area (Å²) in [5.74, 6) is 3.20. The van der Waals surface area contributed by atoms with E-state index in [0.717, 1.165) is 18.2 Å². The number of hydrogen-bond donors (Lipinski definition) is 1. The summed E-state index contributed by atoms with van der Waals surface area (Å²) in [7, 11) is 0. The van der Waals surface area contributed by atoms with Crippen molar-refractivity contribution in [2.75, 3.05) is 0 Å². The van der Waals surface area contributed by atoms with E-state index < -0.39 is 0 Å². The SMILES string of the molecule is CCCC(CCC)c1nnc(CN)n1CC(C)C. The van der Waals surface area contributed by atoms with Gasteiger partial charge in [-0.3, -0.25) is 0 Å². The monoisotopic (exact) mass is 252 g/mol. The lowest BCUT2D eigenvalue weighted by Gasteiger charge is -2.18. The first-order chi connectivity index (χ1) is 8.63. The first-order valence-electron chi connectivity index (χ1n) is 7.25. The Bertz CT molecular complexity index is 338. The van der Waals surface area contributed by atoms with Gasteiger partial charge < -0.3 is 10.3 Å². The highest BCUT2D eigenvalue weighted by molar-refractivity contribution is 5.02. The quantitative estimate of drug-likeness (QED) is 0.773. The van der Waals surface area contributed by atoms with Gasteiger partial charge in [-0.15, -0.1) is 10.2 Å². The number of rotatable bonds is 8. The van der Waals surface area contributed by atoms with Crippen LogP contribution in [0.1, 0.15) is 70.9 Å². The Kier molecular flexibility index (Phi) is 6.33. The molecule has 1 aromatic rings. The van der Waals surface area contributed by atoms with Crippen LogP contribution in [0.25, 0.3) is 0 Å². The van der Waals surface area contributed by atoms with Crippen molar-refractivity contribution in [1.29, 1.82) is 0 Å². The second kappa shape index (κ2) is 7.52. The maximum atomic E-state index is 5.76. The molecule has 1 heterocycles. The zero-order valence-corrected chi connectivity index (χ0v) is 12.3. The molecule has 0 aliphatic carbocycles. The first kappa shape index (κ1) is 15.2. The fraction of sp³-hybridized carbons (Fsp3) is 0.857. The smallest absolute Gasteiger partial charge is 0.146 e. The molecule has 0 unspecified atom stereocenters. The van der Waals surface area contributed by atoms with Gasteiger partial charge >= 0.3 is 0 Å². The predicted octanol–water partition coefficient (Wildman–Crippen LogP) is 3.08. The van der Waals surface area contributed by atoms with Gasteiger partial charge in [0.1, 0.15) is 11.6 Å². The Labute approximate surface area is 111 Å². The highest BCUT2D eigenvalue weighted by Gasteiger charge is 2.19. The Morgan fingerprint density at radius 1 is 1.11 bits per heavy atom. The molecule has 104 valence electrons. The fourth-order valence-corrected chi connectivity index (χ4v) is 2.47. The highest BCUT2D eigenvalue weighted by Crippen LogP contribution is 2.26. The van der Waals surface area contributed by atoms with Crippen LogP contribution < -0.4 is 5.73 Å². The molecule has 0 spiro atoms. The van der Waals surface area contributed by atoms with E-state index >= 15 is 0 Å². The van der Waals surface area contributed by atoms with Crippen molar-refractivity contribution < 1.29 is 0 Å². The lowest BCUT2D eigenvalue weighted by atomic mass is 9.97. The normalized spacial score (nSPS) is 11.7. The second-order valence-corrected chi connectivity index (χ2v) is 5.46. The standard InChI is InChI=1S/C14H28N4/c1-5-7-12(8-6-2)14-17-16-13(9-15)18(14)10-11(3)4/h11-12H,5-10,15H2,1-4H3. The molecule has 0 aliphatic heterocycles. The average Bonchev–Trinajstić information content (AvgIpc) is 2.71. The van der Waals surface area contributed by atoms with Crippen molar-refractivity contribution in [3.8, 4) is 0 Å². The maximum absolute atomic E-state index is 5.76. The Morgan fingerprint density at radius 3 is 2.17 bits per heavy atom. The molecule has 0 bridgehead atoms. The summed E-state index contributed by atoms with van der Waals surface area (Å²) >= 11 is 0.